The third-order valence-corrected chi connectivity index (χ3v) is 7.64. The number of para-hydroxylation sites is 1. The first-order chi connectivity index (χ1) is 21.3. The number of terminal acetylenes is 1. The topological polar surface area (TPSA) is 32.7 Å². The lowest BCUT2D eigenvalue weighted by atomic mass is 9.96. The third-order valence-electron chi connectivity index (χ3n) is 7.64. The predicted octanol–water partition coefficient (Wildman–Crippen LogP) is 9.88. The molecule has 3 heterocycles. The van der Waals surface area contributed by atoms with Crippen molar-refractivity contribution in [1.29, 1.82) is 0 Å². The Hall–Kier alpha value is -4.94. The van der Waals surface area contributed by atoms with Crippen LogP contribution in [0.1, 0.15) is 46.1 Å². The summed E-state index contributed by atoms with van der Waals surface area (Å²) in [6.07, 6.45) is 35.2. The van der Waals surface area contributed by atoms with E-state index in [1.54, 1.807) is 13.0 Å². The van der Waals surface area contributed by atoms with E-state index in [0.717, 1.165) is 69.0 Å². The maximum Gasteiger partial charge on any atom is 0.129 e. The second-order valence-electron chi connectivity index (χ2n) is 11.3. The van der Waals surface area contributed by atoms with Crippen LogP contribution in [-0.4, -0.2) is 23.2 Å². The molecule has 0 fully saturated rings. The van der Waals surface area contributed by atoms with Crippen LogP contribution < -0.4 is 4.74 Å². The van der Waals surface area contributed by atoms with Gasteiger partial charge >= 0.3 is 0 Å². The maximum atomic E-state index is 11.2. The number of fused-ring (bicyclic) bond motifs is 5. The van der Waals surface area contributed by atoms with E-state index in [1.165, 1.54) is 5.57 Å². The second-order valence-corrected chi connectivity index (χ2v) is 11.3. The summed E-state index contributed by atoms with van der Waals surface area (Å²) in [5.74, 6) is 4.09. The molecule has 3 aliphatic heterocycles. The Morgan fingerprint density at radius 3 is 2.66 bits per heavy atom. The van der Waals surface area contributed by atoms with E-state index in [-0.39, 0.29) is 5.76 Å². The van der Waals surface area contributed by atoms with Crippen LogP contribution in [0, 0.1) is 12.3 Å². The van der Waals surface area contributed by atoms with E-state index in [9.17, 15) is 5.11 Å². The number of rotatable bonds is 7. The molecule has 0 saturated carbocycles. The fourth-order valence-electron chi connectivity index (χ4n) is 5.47. The molecule has 1 N–H and O–H groups in total. The van der Waals surface area contributed by atoms with Crippen LogP contribution in [0.5, 0.6) is 5.75 Å². The minimum atomic E-state index is 0.260. The highest BCUT2D eigenvalue weighted by Gasteiger charge is 2.32. The van der Waals surface area contributed by atoms with Crippen molar-refractivity contribution < 1.29 is 9.84 Å². The number of hydrogen-bond acceptors (Lipinski definition) is 3. The summed E-state index contributed by atoms with van der Waals surface area (Å²) in [4.78, 5) is 2.21. The van der Waals surface area contributed by atoms with Crippen LogP contribution in [0.4, 0.5) is 0 Å². The van der Waals surface area contributed by atoms with Gasteiger partial charge in [-0.1, -0.05) is 115 Å². The highest BCUT2D eigenvalue weighted by atomic mass is 16.5. The van der Waals surface area contributed by atoms with Gasteiger partial charge in [-0.2, -0.15) is 0 Å². The minimum absolute atomic E-state index is 0.260. The number of ether oxygens (including phenoxy) is 1. The van der Waals surface area contributed by atoms with E-state index in [0.29, 0.717) is 19.6 Å². The lowest BCUT2D eigenvalue weighted by Crippen LogP contribution is -2.25. The number of allylic oxidation sites excluding steroid dienone is 19. The molecule has 3 nitrogen and oxygen atoms in total. The molecule has 0 atom stereocenters. The number of aliphatic hydroxyl groups is 1. The van der Waals surface area contributed by atoms with Gasteiger partial charge < -0.3 is 14.7 Å². The molecule has 0 saturated heterocycles. The maximum absolute atomic E-state index is 11.2. The predicted molar refractivity (Wildman–Crippen MR) is 186 cm³/mol. The van der Waals surface area contributed by atoms with Crippen molar-refractivity contribution in [3.63, 3.8) is 0 Å². The van der Waals surface area contributed by atoms with Crippen molar-refractivity contribution in [2.75, 3.05) is 13.2 Å². The molecule has 3 heteroatoms. The zero-order chi connectivity index (χ0) is 31.5. The van der Waals surface area contributed by atoms with Gasteiger partial charge in [-0.3, -0.25) is 0 Å². The largest absolute Gasteiger partial charge is 0.510 e. The first-order valence-corrected chi connectivity index (χ1v) is 15.1. The molecule has 1 aromatic rings. The Labute approximate surface area is 264 Å². The van der Waals surface area contributed by atoms with Crippen LogP contribution in [0.3, 0.4) is 0 Å². The number of aliphatic hydroxyl groups excluding tert-OH is 1. The summed E-state index contributed by atoms with van der Waals surface area (Å²) in [5.41, 5.74) is 10.4. The highest BCUT2D eigenvalue weighted by Crippen LogP contribution is 2.40. The molecule has 0 radical (unpaired) electrons. The minimum Gasteiger partial charge on any atom is -0.510 e. The van der Waals surface area contributed by atoms with Crippen LogP contribution >= 0.6 is 0 Å². The zero-order valence-corrected chi connectivity index (χ0v) is 26.4. The molecule has 4 rings (SSSR count). The van der Waals surface area contributed by atoms with Crippen molar-refractivity contribution >= 4 is 0 Å². The molecule has 1 aromatic carbocycles. The van der Waals surface area contributed by atoms with E-state index < -0.39 is 0 Å². The Kier molecular flexibility index (Phi) is 11.3. The van der Waals surface area contributed by atoms with Crippen LogP contribution in [0.2, 0.25) is 0 Å². The van der Waals surface area contributed by atoms with Gasteiger partial charge in [0, 0.05) is 17.7 Å². The summed E-state index contributed by atoms with van der Waals surface area (Å²) in [6, 6.07) is 8.18. The molecule has 0 unspecified atom stereocenters. The Balaban J connectivity index is 1.88. The van der Waals surface area contributed by atoms with Gasteiger partial charge in [0.2, 0.25) is 0 Å². The molecular formula is C41H43NO2. The first-order valence-electron chi connectivity index (χ1n) is 15.1. The fourth-order valence-corrected chi connectivity index (χ4v) is 5.47. The summed E-state index contributed by atoms with van der Waals surface area (Å²) in [7, 11) is 0. The smallest absolute Gasteiger partial charge is 0.129 e. The summed E-state index contributed by atoms with van der Waals surface area (Å²) >= 11 is 0. The van der Waals surface area contributed by atoms with Crippen molar-refractivity contribution in [2.24, 2.45) is 0 Å². The first kappa shape index (κ1) is 32.0. The molecular weight excluding hydrogens is 538 g/mol. The van der Waals surface area contributed by atoms with E-state index in [1.807, 2.05) is 42.5 Å². The zero-order valence-electron chi connectivity index (χ0n) is 26.4. The Morgan fingerprint density at radius 1 is 1.09 bits per heavy atom. The number of benzene rings is 1. The summed E-state index contributed by atoms with van der Waals surface area (Å²) < 4.78 is 6.45. The van der Waals surface area contributed by atoms with Crippen LogP contribution in [0.25, 0.3) is 0 Å². The molecule has 224 valence electrons. The van der Waals surface area contributed by atoms with Crippen molar-refractivity contribution in [3.05, 3.63) is 172 Å². The quantitative estimate of drug-likeness (QED) is 0.151. The lowest BCUT2D eigenvalue weighted by Gasteiger charge is -2.27. The van der Waals surface area contributed by atoms with E-state index >= 15 is 0 Å². The molecule has 44 heavy (non-hydrogen) atoms. The SMILES string of the molecule is C#CC(=C\CC=C(C)C)/C1=C/CC(=C/C=C/C(C)=C/C=C\C=C)/C(=C(\C)O)N2CC(=C1)C1=C2COc2ccccc2CC=C1. The molecule has 0 aromatic heterocycles. The molecule has 0 aliphatic carbocycles. The number of hydrogen-bond donors (Lipinski definition) is 1. The number of nitrogens with zero attached hydrogens (tertiary/aromatic N) is 1. The van der Waals surface area contributed by atoms with Crippen molar-refractivity contribution in [3.8, 4) is 18.1 Å². The molecule has 3 aliphatic rings. The third kappa shape index (κ3) is 8.12. The van der Waals surface area contributed by atoms with Crippen molar-refractivity contribution in [2.45, 2.75) is 47.0 Å². The summed E-state index contributed by atoms with van der Waals surface area (Å²) in [5, 5.41) is 11.2. The Morgan fingerprint density at radius 2 is 1.91 bits per heavy atom. The van der Waals surface area contributed by atoms with Crippen molar-refractivity contribution in [1.82, 2.24) is 4.90 Å². The van der Waals surface area contributed by atoms with Gasteiger partial charge in [-0.25, -0.2) is 0 Å². The van der Waals surface area contributed by atoms with Gasteiger partial charge in [0.1, 0.15) is 18.1 Å². The van der Waals surface area contributed by atoms with Gasteiger partial charge in [0.05, 0.1) is 11.4 Å². The molecule has 0 spiro atoms. The van der Waals surface area contributed by atoms with Gasteiger partial charge in [-0.05, 0) is 81.4 Å². The average molecular weight is 582 g/mol. The van der Waals surface area contributed by atoms with Crippen LogP contribution in [-0.2, 0) is 6.42 Å². The molecule has 2 bridgehead atoms. The van der Waals surface area contributed by atoms with E-state index in [2.05, 4.69) is 92.8 Å². The highest BCUT2D eigenvalue weighted by molar-refractivity contribution is 5.61. The Bertz CT molecular complexity index is 1660. The van der Waals surface area contributed by atoms with Gasteiger partial charge in [0.25, 0.3) is 0 Å². The van der Waals surface area contributed by atoms with Gasteiger partial charge in [0.15, 0.2) is 0 Å². The summed E-state index contributed by atoms with van der Waals surface area (Å²) in [6.45, 7) is 12.7. The lowest BCUT2D eigenvalue weighted by molar-refractivity contribution is 0.299. The van der Waals surface area contributed by atoms with Crippen LogP contribution in [0.15, 0.2) is 166 Å². The molecule has 0 amide bonds. The van der Waals surface area contributed by atoms with E-state index in [4.69, 9.17) is 11.2 Å². The second kappa shape index (κ2) is 15.5. The standard InChI is InChI=1S/C41H43NO2/c1-7-9-10-17-31(5)18-14-22-35-25-26-36(33(8-2)20-13-16-30(3)4)27-37-28-42(41(35)32(6)43)39-29-44-40-24-12-11-19-34(40)21-15-23-38(37)39/h2,7,9-12,14-20,22-24,26-27,43H,1,13,21,25,28-29H2,3-6H3/b10-9-,18-14+,23-15?,31-17+,33-20+,35-22-,36-26+,37-27?,41-32-. The fraction of sp³-hybridized carbons (Fsp3) is 0.220. The monoisotopic (exact) mass is 581 g/mol. The van der Waals surface area contributed by atoms with Gasteiger partial charge in [-0.15, -0.1) is 6.42 Å². The average Bonchev–Trinajstić information content (AvgIpc) is 3.38. The normalized spacial score (nSPS) is 20.6.